The van der Waals surface area contributed by atoms with Crippen LogP contribution in [-0.2, 0) is 0 Å². The number of hydrogen-bond acceptors (Lipinski definition) is 2. The van der Waals surface area contributed by atoms with Crippen molar-refractivity contribution in [3.8, 4) is 11.5 Å². The highest BCUT2D eigenvalue weighted by atomic mass is 19.3. The lowest BCUT2D eigenvalue weighted by Gasteiger charge is -2.29. The third kappa shape index (κ3) is 1.29. The quantitative estimate of drug-likeness (QED) is 0.646. The number of halogens is 3. The molecule has 2 nitrogen and oxygen atoms in total. The summed E-state index contributed by atoms with van der Waals surface area (Å²) in [6.07, 6.45) is -6.67. The van der Waals surface area contributed by atoms with Gasteiger partial charge in [-0.1, -0.05) is 12.1 Å². The Bertz CT molecular complexity index is 365. The standard InChI is InChI=1S/C9H7F3O2/c1-5-3-2-4-6-7(5)14-9(11,12)8(10)13-6/h2-4,8H,1H3. The number of para-hydroxylation sites is 1. The first-order chi connectivity index (χ1) is 6.50. The van der Waals surface area contributed by atoms with Gasteiger partial charge in [-0.2, -0.15) is 13.2 Å². The molecule has 0 amide bonds. The second kappa shape index (κ2) is 2.80. The molecule has 0 saturated carbocycles. The molecule has 0 bridgehead atoms. The molecule has 1 aromatic rings. The van der Waals surface area contributed by atoms with E-state index in [0.29, 0.717) is 5.56 Å². The molecule has 14 heavy (non-hydrogen) atoms. The van der Waals surface area contributed by atoms with Gasteiger partial charge < -0.3 is 9.47 Å². The molecule has 76 valence electrons. The van der Waals surface area contributed by atoms with Gasteiger partial charge in [0.15, 0.2) is 11.5 Å². The number of fused-ring (bicyclic) bond motifs is 1. The van der Waals surface area contributed by atoms with E-state index >= 15 is 0 Å². The normalized spacial score (nSPS) is 23.3. The first-order valence-electron chi connectivity index (χ1n) is 3.98. The zero-order valence-corrected chi connectivity index (χ0v) is 7.26. The van der Waals surface area contributed by atoms with Crippen LogP contribution >= 0.6 is 0 Å². The number of alkyl halides is 3. The van der Waals surface area contributed by atoms with Gasteiger partial charge in [0.25, 0.3) is 0 Å². The lowest BCUT2D eigenvalue weighted by atomic mass is 10.2. The van der Waals surface area contributed by atoms with Gasteiger partial charge in [-0.25, -0.2) is 0 Å². The van der Waals surface area contributed by atoms with Gasteiger partial charge in [0, 0.05) is 0 Å². The Balaban J connectivity index is 2.46. The highest BCUT2D eigenvalue weighted by Crippen LogP contribution is 2.42. The largest absolute Gasteiger partial charge is 0.468 e. The van der Waals surface area contributed by atoms with Crippen LogP contribution < -0.4 is 9.47 Å². The maximum Gasteiger partial charge on any atom is 0.468 e. The molecule has 0 fully saturated rings. The molecule has 1 aromatic carbocycles. The van der Waals surface area contributed by atoms with Crippen molar-refractivity contribution in [3.05, 3.63) is 23.8 Å². The molecule has 0 aliphatic carbocycles. The Hall–Kier alpha value is -1.39. The smallest absolute Gasteiger partial charge is 0.447 e. The van der Waals surface area contributed by atoms with Crippen molar-refractivity contribution in [2.24, 2.45) is 0 Å². The van der Waals surface area contributed by atoms with Crippen LogP contribution in [0.3, 0.4) is 0 Å². The van der Waals surface area contributed by atoms with Crippen LogP contribution in [0.25, 0.3) is 0 Å². The molecule has 1 atom stereocenters. The van der Waals surface area contributed by atoms with Gasteiger partial charge >= 0.3 is 12.5 Å². The maximum atomic E-state index is 12.7. The van der Waals surface area contributed by atoms with Crippen molar-refractivity contribution < 1.29 is 22.6 Å². The highest BCUT2D eigenvalue weighted by Gasteiger charge is 2.49. The number of benzene rings is 1. The summed E-state index contributed by atoms with van der Waals surface area (Å²) in [5.74, 6) is -0.102. The van der Waals surface area contributed by atoms with Crippen LogP contribution in [0.15, 0.2) is 18.2 Å². The minimum Gasteiger partial charge on any atom is -0.447 e. The molecule has 0 radical (unpaired) electrons. The minimum atomic E-state index is -3.92. The Labute approximate surface area is 78.2 Å². The summed E-state index contributed by atoms with van der Waals surface area (Å²) in [4.78, 5) is 0. The average Bonchev–Trinajstić information content (AvgIpc) is 2.09. The molecule has 1 unspecified atom stereocenters. The third-order valence-electron chi connectivity index (χ3n) is 1.91. The average molecular weight is 204 g/mol. The van der Waals surface area contributed by atoms with Gasteiger partial charge in [-0.3, -0.25) is 0 Å². The van der Waals surface area contributed by atoms with Crippen LogP contribution in [0.5, 0.6) is 11.5 Å². The Morgan fingerprint density at radius 1 is 1.36 bits per heavy atom. The molecular weight excluding hydrogens is 197 g/mol. The van der Waals surface area contributed by atoms with Crippen molar-refractivity contribution >= 4 is 0 Å². The van der Waals surface area contributed by atoms with Crippen molar-refractivity contribution in [2.45, 2.75) is 19.4 Å². The van der Waals surface area contributed by atoms with Gasteiger partial charge in [0.1, 0.15) is 0 Å². The topological polar surface area (TPSA) is 18.5 Å². The van der Waals surface area contributed by atoms with Crippen molar-refractivity contribution in [3.63, 3.8) is 0 Å². The van der Waals surface area contributed by atoms with Crippen molar-refractivity contribution in [1.29, 1.82) is 0 Å². The van der Waals surface area contributed by atoms with E-state index in [1.807, 2.05) is 0 Å². The molecule has 0 saturated heterocycles. The molecule has 0 aromatic heterocycles. The van der Waals surface area contributed by atoms with E-state index in [1.165, 1.54) is 6.07 Å². The van der Waals surface area contributed by atoms with Gasteiger partial charge in [0.2, 0.25) is 0 Å². The summed E-state index contributed by atoms with van der Waals surface area (Å²) in [5, 5.41) is 0. The third-order valence-corrected chi connectivity index (χ3v) is 1.91. The van der Waals surface area contributed by atoms with Gasteiger partial charge in [-0.15, -0.1) is 0 Å². The van der Waals surface area contributed by atoms with E-state index in [9.17, 15) is 13.2 Å². The zero-order chi connectivity index (χ0) is 10.3. The lowest BCUT2D eigenvalue weighted by molar-refractivity contribution is -0.281. The molecule has 5 heteroatoms. The number of hydrogen-bond donors (Lipinski definition) is 0. The van der Waals surface area contributed by atoms with Crippen LogP contribution in [0, 0.1) is 6.92 Å². The fourth-order valence-corrected chi connectivity index (χ4v) is 1.21. The Kier molecular flexibility index (Phi) is 1.83. The summed E-state index contributed by atoms with van der Waals surface area (Å²) < 4.78 is 46.8. The maximum absolute atomic E-state index is 12.7. The van der Waals surface area contributed by atoms with Gasteiger partial charge in [-0.05, 0) is 18.6 Å². The first kappa shape index (κ1) is 9.18. The van der Waals surface area contributed by atoms with E-state index in [1.54, 1.807) is 19.1 Å². The number of ether oxygens (including phenoxy) is 2. The molecule has 1 heterocycles. The molecular formula is C9H7F3O2. The molecule has 0 N–H and O–H groups in total. The van der Waals surface area contributed by atoms with Crippen LogP contribution in [0.2, 0.25) is 0 Å². The van der Waals surface area contributed by atoms with Crippen LogP contribution in [0.4, 0.5) is 13.2 Å². The summed E-state index contributed by atoms with van der Waals surface area (Å²) in [6.45, 7) is 1.58. The fourth-order valence-electron chi connectivity index (χ4n) is 1.21. The van der Waals surface area contributed by atoms with Gasteiger partial charge in [0.05, 0.1) is 0 Å². The second-order valence-corrected chi connectivity index (χ2v) is 3.00. The van der Waals surface area contributed by atoms with Crippen molar-refractivity contribution in [2.75, 3.05) is 0 Å². The van der Waals surface area contributed by atoms with Crippen LogP contribution in [-0.4, -0.2) is 12.5 Å². The predicted octanol–water partition coefficient (Wildman–Crippen LogP) is 2.65. The summed E-state index contributed by atoms with van der Waals surface area (Å²) in [7, 11) is 0. The molecule has 1 aliphatic rings. The minimum absolute atomic E-state index is 0.00317. The molecule has 2 rings (SSSR count). The molecule has 0 spiro atoms. The monoisotopic (exact) mass is 204 g/mol. The number of aryl methyl sites for hydroxylation is 1. The summed E-state index contributed by atoms with van der Waals surface area (Å²) in [5.41, 5.74) is 0.481. The fraction of sp³-hybridized carbons (Fsp3) is 0.333. The Morgan fingerprint density at radius 3 is 2.79 bits per heavy atom. The highest BCUT2D eigenvalue weighted by molar-refractivity contribution is 5.47. The lowest BCUT2D eigenvalue weighted by Crippen LogP contribution is -2.43. The predicted molar refractivity (Wildman–Crippen MR) is 42.3 cm³/mol. The Morgan fingerprint density at radius 2 is 2.07 bits per heavy atom. The zero-order valence-electron chi connectivity index (χ0n) is 7.26. The van der Waals surface area contributed by atoms with E-state index in [0.717, 1.165) is 0 Å². The van der Waals surface area contributed by atoms with E-state index < -0.39 is 12.5 Å². The summed E-state index contributed by atoms with van der Waals surface area (Å²) in [6, 6.07) is 4.54. The second-order valence-electron chi connectivity index (χ2n) is 3.00. The SMILES string of the molecule is Cc1cccc2c1OC(F)(F)C(F)O2. The first-order valence-corrected chi connectivity index (χ1v) is 3.98. The molecule has 1 aliphatic heterocycles. The number of rotatable bonds is 0. The van der Waals surface area contributed by atoms with Crippen molar-refractivity contribution in [1.82, 2.24) is 0 Å². The van der Waals surface area contributed by atoms with E-state index in [-0.39, 0.29) is 11.5 Å². The van der Waals surface area contributed by atoms with E-state index in [2.05, 4.69) is 9.47 Å². The van der Waals surface area contributed by atoms with E-state index in [4.69, 9.17) is 0 Å². The summed E-state index contributed by atoms with van der Waals surface area (Å²) >= 11 is 0. The van der Waals surface area contributed by atoms with Crippen LogP contribution in [0.1, 0.15) is 5.56 Å².